The number of amides is 2. The summed E-state index contributed by atoms with van der Waals surface area (Å²) in [5.74, 6) is -1.84. The van der Waals surface area contributed by atoms with Crippen LogP contribution in [0.5, 0.6) is 5.75 Å². The third kappa shape index (κ3) is 8.50. The maximum Gasteiger partial charge on any atom is 0.236 e. The molecule has 0 saturated heterocycles. The summed E-state index contributed by atoms with van der Waals surface area (Å²) in [4.78, 5) is 23.5. The van der Waals surface area contributed by atoms with Crippen LogP contribution in [0.3, 0.4) is 0 Å². The fraction of sp³-hybridized carbons (Fsp3) is 0.333. The van der Waals surface area contributed by atoms with Crippen LogP contribution < -0.4 is 16.8 Å². The summed E-state index contributed by atoms with van der Waals surface area (Å²) in [5.41, 5.74) is 12.9. The van der Waals surface area contributed by atoms with Crippen LogP contribution in [-0.4, -0.2) is 51.9 Å². The highest BCUT2D eigenvalue weighted by Crippen LogP contribution is 2.16. The Morgan fingerprint density at radius 3 is 2.22 bits per heavy atom. The molecule has 8 heteroatoms. The van der Waals surface area contributed by atoms with E-state index in [2.05, 4.69) is 5.32 Å². The second-order valence-electron chi connectivity index (χ2n) is 7.74. The van der Waals surface area contributed by atoms with Gasteiger partial charge in [-0.2, -0.15) is 0 Å². The standard InChI is InChI=1S/C24H31N3O5/c25-20(14-17-9-11-18(28)12-10-17)22(30)8-4-7-21(29)19(24(32)27-15-23(26)31)13-16-5-2-1-3-6-16/h1-7,9-12,19-22,28-30H,8,13-15,25H2,(H2,26,31)(H,27,32)/b7-4+. The summed E-state index contributed by atoms with van der Waals surface area (Å²) in [5, 5.41) is 32.7. The highest BCUT2D eigenvalue weighted by Gasteiger charge is 2.26. The first-order valence-electron chi connectivity index (χ1n) is 10.4. The van der Waals surface area contributed by atoms with Crippen molar-refractivity contribution in [3.8, 4) is 5.75 Å². The molecule has 0 heterocycles. The summed E-state index contributed by atoms with van der Waals surface area (Å²) in [6, 6.07) is 15.3. The largest absolute Gasteiger partial charge is 0.508 e. The molecule has 2 aromatic carbocycles. The number of primary amides is 1. The van der Waals surface area contributed by atoms with Gasteiger partial charge < -0.3 is 32.1 Å². The molecule has 0 aliphatic carbocycles. The van der Waals surface area contributed by atoms with Crippen molar-refractivity contribution in [1.29, 1.82) is 0 Å². The van der Waals surface area contributed by atoms with Gasteiger partial charge >= 0.3 is 0 Å². The van der Waals surface area contributed by atoms with Crippen LogP contribution in [0, 0.1) is 5.92 Å². The highest BCUT2D eigenvalue weighted by molar-refractivity contribution is 5.85. The molecule has 0 radical (unpaired) electrons. The van der Waals surface area contributed by atoms with E-state index in [4.69, 9.17) is 11.5 Å². The fourth-order valence-electron chi connectivity index (χ4n) is 3.25. The number of phenols is 1. The first-order valence-corrected chi connectivity index (χ1v) is 10.4. The quantitative estimate of drug-likeness (QED) is 0.261. The Balaban J connectivity index is 1.96. The molecular formula is C24H31N3O5. The van der Waals surface area contributed by atoms with Gasteiger partial charge in [0.25, 0.3) is 0 Å². The Bertz CT molecular complexity index is 886. The van der Waals surface area contributed by atoms with E-state index in [1.54, 1.807) is 30.3 Å². The number of nitrogens with two attached hydrogens (primary N) is 2. The number of hydrogen-bond donors (Lipinski definition) is 6. The smallest absolute Gasteiger partial charge is 0.236 e. The van der Waals surface area contributed by atoms with E-state index >= 15 is 0 Å². The molecule has 0 bridgehead atoms. The molecule has 32 heavy (non-hydrogen) atoms. The number of hydrogen-bond acceptors (Lipinski definition) is 6. The molecule has 0 saturated carbocycles. The molecule has 0 spiro atoms. The third-order valence-corrected chi connectivity index (χ3v) is 5.10. The lowest BCUT2D eigenvalue weighted by atomic mass is 9.92. The van der Waals surface area contributed by atoms with Gasteiger partial charge in [-0.25, -0.2) is 0 Å². The Morgan fingerprint density at radius 2 is 1.59 bits per heavy atom. The molecule has 8 nitrogen and oxygen atoms in total. The predicted octanol–water partition coefficient (Wildman–Crippen LogP) is 0.391. The van der Waals surface area contributed by atoms with E-state index in [-0.39, 0.29) is 25.1 Å². The number of aromatic hydroxyl groups is 1. The summed E-state index contributed by atoms with van der Waals surface area (Å²) in [6.07, 6.45) is 1.92. The van der Waals surface area contributed by atoms with Gasteiger partial charge in [-0.05, 0) is 42.5 Å². The van der Waals surface area contributed by atoms with Crippen LogP contribution in [0.15, 0.2) is 66.7 Å². The second-order valence-corrected chi connectivity index (χ2v) is 7.74. The van der Waals surface area contributed by atoms with Crippen molar-refractivity contribution in [3.63, 3.8) is 0 Å². The SMILES string of the molecule is NC(=O)CNC(=O)C(Cc1ccccc1)C(O)/C=C/CC(O)C(N)Cc1ccc(O)cc1. The number of aliphatic hydroxyl groups is 2. The number of benzene rings is 2. The van der Waals surface area contributed by atoms with Gasteiger partial charge in [0.2, 0.25) is 11.8 Å². The Morgan fingerprint density at radius 1 is 0.969 bits per heavy atom. The summed E-state index contributed by atoms with van der Waals surface area (Å²) >= 11 is 0. The van der Waals surface area contributed by atoms with Crippen molar-refractivity contribution >= 4 is 11.8 Å². The molecule has 4 unspecified atom stereocenters. The number of carbonyl (C=O) groups is 2. The lowest BCUT2D eigenvalue weighted by molar-refractivity contribution is -0.129. The molecule has 2 aromatic rings. The van der Waals surface area contributed by atoms with Crippen molar-refractivity contribution in [1.82, 2.24) is 5.32 Å². The molecule has 0 aromatic heterocycles. The molecule has 0 aliphatic heterocycles. The zero-order valence-electron chi connectivity index (χ0n) is 17.8. The van der Waals surface area contributed by atoms with Crippen LogP contribution >= 0.6 is 0 Å². The zero-order chi connectivity index (χ0) is 23.5. The summed E-state index contributed by atoms with van der Waals surface area (Å²) in [7, 11) is 0. The van der Waals surface area contributed by atoms with Gasteiger partial charge in [0.15, 0.2) is 0 Å². The minimum Gasteiger partial charge on any atom is -0.508 e. The number of carbonyl (C=O) groups excluding carboxylic acids is 2. The zero-order valence-corrected chi connectivity index (χ0v) is 17.8. The average Bonchev–Trinajstić information content (AvgIpc) is 2.77. The minimum atomic E-state index is -1.14. The van der Waals surface area contributed by atoms with Crippen molar-refractivity contribution < 1.29 is 24.9 Å². The van der Waals surface area contributed by atoms with Gasteiger partial charge in [0.1, 0.15) is 5.75 Å². The molecule has 0 aliphatic rings. The Labute approximate surface area is 187 Å². The molecule has 4 atom stereocenters. The van der Waals surface area contributed by atoms with Crippen LogP contribution in [-0.2, 0) is 22.4 Å². The van der Waals surface area contributed by atoms with Crippen molar-refractivity contribution in [2.24, 2.45) is 17.4 Å². The van der Waals surface area contributed by atoms with E-state index in [9.17, 15) is 24.9 Å². The lowest BCUT2D eigenvalue weighted by Gasteiger charge is -2.21. The first kappa shape index (κ1) is 25.1. The molecule has 2 amide bonds. The van der Waals surface area contributed by atoms with Crippen LogP contribution in [0.4, 0.5) is 0 Å². The van der Waals surface area contributed by atoms with Crippen molar-refractivity contribution in [2.75, 3.05) is 6.54 Å². The number of nitrogens with one attached hydrogen (secondary N) is 1. The fourth-order valence-corrected chi connectivity index (χ4v) is 3.25. The van der Waals surface area contributed by atoms with Crippen molar-refractivity contribution in [2.45, 2.75) is 37.5 Å². The normalized spacial score (nSPS) is 15.1. The van der Waals surface area contributed by atoms with E-state index in [0.29, 0.717) is 6.42 Å². The average molecular weight is 442 g/mol. The number of aliphatic hydroxyl groups excluding tert-OH is 2. The van der Waals surface area contributed by atoms with E-state index < -0.39 is 36.0 Å². The lowest BCUT2D eigenvalue weighted by Crippen LogP contribution is -2.42. The predicted molar refractivity (Wildman–Crippen MR) is 121 cm³/mol. The van der Waals surface area contributed by atoms with E-state index in [0.717, 1.165) is 11.1 Å². The van der Waals surface area contributed by atoms with Crippen molar-refractivity contribution in [3.05, 3.63) is 77.9 Å². The van der Waals surface area contributed by atoms with Gasteiger partial charge in [-0.1, -0.05) is 54.6 Å². The molecule has 172 valence electrons. The summed E-state index contributed by atoms with van der Waals surface area (Å²) < 4.78 is 0. The van der Waals surface area contributed by atoms with Gasteiger partial charge in [0.05, 0.1) is 24.7 Å². The summed E-state index contributed by atoms with van der Waals surface area (Å²) in [6.45, 7) is -0.314. The Hall–Kier alpha value is -3.20. The van der Waals surface area contributed by atoms with E-state index in [1.165, 1.54) is 6.08 Å². The molecular weight excluding hydrogens is 410 g/mol. The molecule has 8 N–H and O–H groups in total. The number of phenolic OH excluding ortho intramolecular Hbond substituents is 1. The maximum absolute atomic E-state index is 12.5. The second kappa shape index (κ2) is 12.6. The molecule has 0 fully saturated rings. The minimum absolute atomic E-state index is 0.157. The monoisotopic (exact) mass is 441 g/mol. The van der Waals surface area contributed by atoms with Crippen LogP contribution in [0.2, 0.25) is 0 Å². The van der Waals surface area contributed by atoms with Gasteiger partial charge in [-0.3, -0.25) is 9.59 Å². The van der Waals surface area contributed by atoms with Crippen LogP contribution in [0.1, 0.15) is 17.5 Å². The third-order valence-electron chi connectivity index (χ3n) is 5.10. The van der Waals surface area contributed by atoms with E-state index in [1.807, 2.05) is 30.3 Å². The Kier molecular flexibility index (Phi) is 9.87. The van der Waals surface area contributed by atoms with Crippen LogP contribution in [0.25, 0.3) is 0 Å². The highest BCUT2D eigenvalue weighted by atomic mass is 16.3. The topological polar surface area (TPSA) is 159 Å². The maximum atomic E-state index is 12.5. The molecule has 2 rings (SSSR count). The van der Waals surface area contributed by atoms with Gasteiger partial charge in [0, 0.05) is 6.04 Å². The first-order chi connectivity index (χ1) is 15.3. The van der Waals surface area contributed by atoms with Gasteiger partial charge in [-0.15, -0.1) is 0 Å². The number of rotatable bonds is 12.